The molecule has 0 saturated carbocycles. The number of sulfonamides is 1. The molecule has 39 heavy (non-hydrogen) atoms. The Morgan fingerprint density at radius 3 is 2.15 bits per heavy atom. The summed E-state index contributed by atoms with van der Waals surface area (Å²) in [6.45, 7) is 0.521. The van der Waals surface area contributed by atoms with E-state index in [2.05, 4.69) is 10.3 Å². The highest BCUT2D eigenvalue weighted by Gasteiger charge is 2.46. The highest BCUT2D eigenvalue weighted by molar-refractivity contribution is 7.89. The van der Waals surface area contributed by atoms with E-state index in [0.29, 0.717) is 23.4 Å². The average Bonchev–Trinajstić information content (AvgIpc) is 2.96. The van der Waals surface area contributed by atoms with E-state index in [1.807, 2.05) is 60.5 Å². The van der Waals surface area contributed by atoms with Crippen molar-refractivity contribution in [3.8, 4) is 11.1 Å². The lowest BCUT2D eigenvalue weighted by atomic mass is 9.87. The molecule has 2 aliphatic rings. The van der Waals surface area contributed by atoms with Crippen LogP contribution in [-0.2, 0) is 10.0 Å². The number of amides is 1. The van der Waals surface area contributed by atoms with Crippen LogP contribution in [0.2, 0.25) is 5.02 Å². The van der Waals surface area contributed by atoms with Crippen LogP contribution in [0.25, 0.3) is 21.9 Å². The maximum absolute atomic E-state index is 13.8. The van der Waals surface area contributed by atoms with Gasteiger partial charge in [0.2, 0.25) is 10.0 Å². The second-order valence-electron chi connectivity index (χ2n) is 10.3. The molecule has 2 fully saturated rings. The van der Waals surface area contributed by atoms with E-state index in [9.17, 15) is 13.2 Å². The molecule has 1 aromatic heterocycles. The standard InChI is InChI=1S/C30H29ClN4O3S/c1-32-26-16-27-18-34(39(37,38)29-9-7-23-14-25(31)8-6-24(23)15-29)19-28(17-26)35(27)30(36)22-4-2-20(3-5-22)21-10-12-33-13-11-21/h2-15,26-28,32H,16-19H2,1H3. The Bertz CT molecular complexity index is 1610. The molecule has 2 aliphatic heterocycles. The molecular weight excluding hydrogens is 532 g/mol. The lowest BCUT2D eigenvalue weighted by Crippen LogP contribution is -2.66. The van der Waals surface area contributed by atoms with Crippen molar-refractivity contribution in [1.82, 2.24) is 19.5 Å². The number of hydrogen-bond acceptors (Lipinski definition) is 5. The fourth-order valence-electron chi connectivity index (χ4n) is 5.91. The molecule has 3 heterocycles. The van der Waals surface area contributed by atoms with Crippen molar-refractivity contribution in [3.63, 3.8) is 0 Å². The van der Waals surface area contributed by atoms with Gasteiger partial charge in [-0.3, -0.25) is 9.78 Å². The largest absolute Gasteiger partial charge is 0.330 e. The van der Waals surface area contributed by atoms with E-state index in [1.165, 1.54) is 0 Å². The Hall–Kier alpha value is -3.30. The van der Waals surface area contributed by atoms with E-state index in [4.69, 9.17) is 11.6 Å². The van der Waals surface area contributed by atoms with Crippen molar-refractivity contribution >= 4 is 38.3 Å². The van der Waals surface area contributed by atoms with Crippen LogP contribution in [-0.4, -0.2) is 66.8 Å². The number of carbonyl (C=O) groups is 1. The molecule has 0 radical (unpaired) electrons. The first kappa shape index (κ1) is 26.0. The Morgan fingerprint density at radius 1 is 0.872 bits per heavy atom. The first-order valence-corrected chi connectivity index (χ1v) is 14.8. The number of halogens is 1. The van der Waals surface area contributed by atoms with Gasteiger partial charge < -0.3 is 10.2 Å². The summed E-state index contributed by atoms with van der Waals surface area (Å²) in [6, 6.07) is 21.8. The van der Waals surface area contributed by atoms with Crippen LogP contribution in [0.1, 0.15) is 23.2 Å². The quantitative estimate of drug-likeness (QED) is 0.378. The number of pyridine rings is 1. The van der Waals surface area contributed by atoms with Crippen molar-refractivity contribution in [2.45, 2.75) is 35.9 Å². The fourth-order valence-corrected chi connectivity index (χ4v) is 7.65. The van der Waals surface area contributed by atoms with Crippen LogP contribution in [0.3, 0.4) is 0 Å². The fraction of sp³-hybridized carbons (Fsp3) is 0.267. The van der Waals surface area contributed by atoms with Gasteiger partial charge in [-0.1, -0.05) is 35.9 Å². The summed E-state index contributed by atoms with van der Waals surface area (Å²) in [6.07, 6.45) is 4.87. The van der Waals surface area contributed by atoms with Gasteiger partial charge in [0.1, 0.15) is 0 Å². The summed E-state index contributed by atoms with van der Waals surface area (Å²) in [5.74, 6) is -0.0551. The molecule has 0 aliphatic carbocycles. The Morgan fingerprint density at radius 2 is 1.49 bits per heavy atom. The number of benzene rings is 3. The lowest BCUT2D eigenvalue weighted by Gasteiger charge is -2.51. The van der Waals surface area contributed by atoms with Gasteiger partial charge in [0, 0.05) is 54.2 Å². The second-order valence-corrected chi connectivity index (χ2v) is 12.6. The minimum atomic E-state index is -3.74. The van der Waals surface area contributed by atoms with E-state index in [-0.39, 0.29) is 42.0 Å². The highest BCUT2D eigenvalue weighted by Crippen LogP contribution is 2.34. The minimum absolute atomic E-state index is 0.0551. The summed E-state index contributed by atoms with van der Waals surface area (Å²) in [5.41, 5.74) is 2.65. The van der Waals surface area contributed by atoms with E-state index in [0.717, 1.165) is 21.9 Å². The average molecular weight is 561 g/mol. The summed E-state index contributed by atoms with van der Waals surface area (Å²) in [4.78, 5) is 20.0. The second kappa shape index (κ2) is 10.4. The van der Waals surface area contributed by atoms with Crippen molar-refractivity contribution in [2.75, 3.05) is 20.1 Å². The van der Waals surface area contributed by atoms with Crippen LogP contribution in [0.4, 0.5) is 0 Å². The van der Waals surface area contributed by atoms with E-state index in [1.54, 1.807) is 41.0 Å². The van der Waals surface area contributed by atoms with Gasteiger partial charge in [0.05, 0.1) is 4.90 Å². The molecule has 9 heteroatoms. The summed E-state index contributed by atoms with van der Waals surface area (Å²) < 4.78 is 29.1. The maximum Gasteiger partial charge on any atom is 0.254 e. The molecule has 7 nitrogen and oxygen atoms in total. The number of hydrogen-bond donors (Lipinski definition) is 1. The smallest absolute Gasteiger partial charge is 0.254 e. The Kier molecular flexibility index (Phi) is 6.89. The molecule has 1 amide bonds. The Labute approximate surface area is 233 Å². The van der Waals surface area contributed by atoms with Crippen molar-refractivity contribution in [1.29, 1.82) is 0 Å². The van der Waals surface area contributed by atoms with Crippen LogP contribution in [0.15, 0.2) is 90.1 Å². The predicted molar refractivity (Wildman–Crippen MR) is 153 cm³/mol. The summed E-state index contributed by atoms with van der Waals surface area (Å²) >= 11 is 6.10. The highest BCUT2D eigenvalue weighted by atomic mass is 35.5. The third kappa shape index (κ3) is 4.94. The maximum atomic E-state index is 13.8. The minimum Gasteiger partial charge on any atom is -0.330 e. The summed E-state index contributed by atoms with van der Waals surface area (Å²) in [7, 11) is -1.82. The van der Waals surface area contributed by atoms with Gasteiger partial charge >= 0.3 is 0 Å². The number of piperidine rings is 1. The number of aromatic nitrogens is 1. The topological polar surface area (TPSA) is 82.6 Å². The van der Waals surface area contributed by atoms with Crippen LogP contribution >= 0.6 is 11.6 Å². The molecule has 6 rings (SSSR count). The lowest BCUT2D eigenvalue weighted by molar-refractivity contribution is 0.0107. The molecular formula is C30H29ClN4O3S. The third-order valence-corrected chi connectivity index (χ3v) is 9.99. The zero-order valence-corrected chi connectivity index (χ0v) is 23.1. The third-order valence-electron chi connectivity index (χ3n) is 7.93. The number of nitrogens with zero attached hydrogens (tertiary/aromatic N) is 3. The number of carbonyl (C=O) groups excluding carboxylic acids is 1. The zero-order valence-electron chi connectivity index (χ0n) is 21.5. The zero-order chi connectivity index (χ0) is 27.1. The van der Waals surface area contributed by atoms with Crippen molar-refractivity contribution in [3.05, 3.63) is 95.8 Å². The molecule has 0 spiro atoms. The monoisotopic (exact) mass is 560 g/mol. The molecule has 3 aromatic carbocycles. The number of fused-ring (bicyclic) bond motifs is 3. The Balaban J connectivity index is 1.26. The summed E-state index contributed by atoms with van der Waals surface area (Å²) in [5, 5.41) is 5.66. The molecule has 2 bridgehead atoms. The number of rotatable bonds is 5. The molecule has 2 atom stereocenters. The van der Waals surface area contributed by atoms with Crippen LogP contribution < -0.4 is 5.32 Å². The van der Waals surface area contributed by atoms with E-state index >= 15 is 0 Å². The number of nitrogens with one attached hydrogen (secondary N) is 1. The molecule has 2 unspecified atom stereocenters. The normalized spacial score (nSPS) is 21.7. The van der Waals surface area contributed by atoms with Crippen molar-refractivity contribution in [2.24, 2.45) is 0 Å². The van der Waals surface area contributed by atoms with Crippen LogP contribution in [0, 0.1) is 0 Å². The first-order chi connectivity index (χ1) is 18.8. The van der Waals surface area contributed by atoms with E-state index < -0.39 is 10.0 Å². The van der Waals surface area contributed by atoms with Crippen LogP contribution in [0.5, 0.6) is 0 Å². The van der Waals surface area contributed by atoms with Gasteiger partial charge in [-0.2, -0.15) is 4.31 Å². The molecule has 200 valence electrons. The molecule has 4 aromatic rings. The van der Waals surface area contributed by atoms with Gasteiger partial charge in [-0.05, 0) is 90.3 Å². The van der Waals surface area contributed by atoms with Gasteiger partial charge in [-0.15, -0.1) is 0 Å². The molecule has 1 N–H and O–H groups in total. The first-order valence-electron chi connectivity index (χ1n) is 13.0. The molecule has 2 saturated heterocycles. The predicted octanol–water partition coefficient (Wildman–Crippen LogP) is 4.82. The van der Waals surface area contributed by atoms with Gasteiger partial charge in [0.15, 0.2) is 0 Å². The van der Waals surface area contributed by atoms with Gasteiger partial charge in [0.25, 0.3) is 5.91 Å². The van der Waals surface area contributed by atoms with Crippen molar-refractivity contribution < 1.29 is 13.2 Å². The van der Waals surface area contributed by atoms with Gasteiger partial charge in [-0.25, -0.2) is 8.42 Å². The SMILES string of the molecule is CNC1CC2CN(S(=O)(=O)c3ccc4cc(Cl)ccc4c3)CC(C1)N2C(=O)c1ccc(-c2ccncc2)cc1. The number of piperazine rings is 1.